The molecule has 1 amide bonds. The molecule has 1 aliphatic rings. The van der Waals surface area contributed by atoms with Crippen molar-refractivity contribution >= 4 is 35.0 Å². The highest BCUT2D eigenvalue weighted by molar-refractivity contribution is 7.99. The molecule has 1 aliphatic heterocycles. The van der Waals surface area contributed by atoms with Crippen LogP contribution in [0.4, 0.5) is 5.69 Å². The highest BCUT2D eigenvalue weighted by atomic mass is 35.5. The molecule has 0 saturated carbocycles. The molecule has 126 valence electrons. The van der Waals surface area contributed by atoms with Crippen LogP contribution in [0.15, 0.2) is 61.1 Å². The molecule has 1 unspecified atom stereocenters. The fourth-order valence-corrected chi connectivity index (χ4v) is 4.56. The summed E-state index contributed by atoms with van der Waals surface area (Å²) in [6, 6.07) is 13.3. The number of amides is 1. The first kappa shape index (κ1) is 16.2. The summed E-state index contributed by atoms with van der Waals surface area (Å²) in [4.78, 5) is 16.6. The Morgan fingerprint density at radius 2 is 2.24 bits per heavy atom. The van der Waals surface area contributed by atoms with Gasteiger partial charge in [-0.1, -0.05) is 23.7 Å². The normalized spacial score (nSPS) is 15.8. The lowest BCUT2D eigenvalue weighted by Gasteiger charge is -2.12. The van der Waals surface area contributed by atoms with Crippen LogP contribution in [-0.2, 0) is 17.0 Å². The fraction of sp³-hybridized carbons (Fsp3) is 0.158. The van der Waals surface area contributed by atoms with Gasteiger partial charge in [-0.25, -0.2) is 0 Å². The Balaban J connectivity index is 1.49. The maximum Gasteiger partial charge on any atom is 0.228 e. The first-order chi connectivity index (χ1) is 12.2. The molecular weight excluding hydrogens is 354 g/mol. The smallest absolute Gasteiger partial charge is 0.228 e. The Morgan fingerprint density at radius 3 is 3.04 bits per heavy atom. The second kappa shape index (κ2) is 6.94. The van der Waals surface area contributed by atoms with Crippen LogP contribution < -0.4 is 5.32 Å². The second-order valence-electron chi connectivity index (χ2n) is 5.88. The van der Waals surface area contributed by atoms with Gasteiger partial charge in [-0.3, -0.25) is 9.78 Å². The number of pyridine rings is 1. The third kappa shape index (κ3) is 3.43. The van der Waals surface area contributed by atoms with E-state index in [1.54, 1.807) is 18.3 Å². The predicted molar refractivity (Wildman–Crippen MR) is 102 cm³/mol. The van der Waals surface area contributed by atoms with Crippen molar-refractivity contribution in [3.05, 3.63) is 82.9 Å². The van der Waals surface area contributed by atoms with Gasteiger partial charge in [0.2, 0.25) is 5.91 Å². The van der Waals surface area contributed by atoms with Crippen LogP contribution >= 0.6 is 23.4 Å². The predicted octanol–water partition coefficient (Wildman–Crippen LogP) is 4.51. The number of halogens is 1. The third-order valence-electron chi connectivity index (χ3n) is 4.18. The largest absolute Gasteiger partial charge is 0.334 e. The molecule has 1 aromatic carbocycles. The van der Waals surface area contributed by atoms with Gasteiger partial charge in [-0.15, -0.1) is 11.8 Å². The van der Waals surface area contributed by atoms with Crippen LogP contribution in [0.25, 0.3) is 0 Å². The molecular formula is C19H16ClN3OS. The zero-order valence-electron chi connectivity index (χ0n) is 13.4. The van der Waals surface area contributed by atoms with Gasteiger partial charge in [-0.2, -0.15) is 0 Å². The molecule has 0 aliphatic carbocycles. The number of carbonyl (C=O) groups excluding carboxylic acids is 1. The van der Waals surface area contributed by atoms with Gasteiger partial charge in [0.05, 0.1) is 6.42 Å². The number of fused-ring (bicyclic) bond motifs is 1. The maximum absolute atomic E-state index is 12.4. The molecule has 1 atom stereocenters. The molecule has 3 aromatic rings. The SMILES string of the molecule is O=C(Cc1ccn2c1CSC2c1cccnc1)Nc1cccc(Cl)c1. The van der Waals surface area contributed by atoms with Crippen molar-refractivity contribution in [2.75, 3.05) is 5.32 Å². The molecule has 1 N–H and O–H groups in total. The molecule has 2 aromatic heterocycles. The number of aromatic nitrogens is 2. The Morgan fingerprint density at radius 1 is 1.32 bits per heavy atom. The fourth-order valence-electron chi connectivity index (χ4n) is 3.03. The number of nitrogens with one attached hydrogen (secondary N) is 1. The molecule has 4 rings (SSSR count). The van der Waals surface area contributed by atoms with E-state index in [9.17, 15) is 4.79 Å². The van der Waals surface area contributed by atoms with E-state index in [-0.39, 0.29) is 11.3 Å². The van der Waals surface area contributed by atoms with Crippen molar-refractivity contribution in [1.82, 2.24) is 9.55 Å². The quantitative estimate of drug-likeness (QED) is 0.735. The number of anilines is 1. The molecule has 6 heteroatoms. The average molecular weight is 370 g/mol. The summed E-state index contributed by atoms with van der Waals surface area (Å²) in [5, 5.41) is 3.75. The summed E-state index contributed by atoms with van der Waals surface area (Å²) in [6.45, 7) is 0. The van der Waals surface area contributed by atoms with E-state index in [2.05, 4.69) is 27.1 Å². The van der Waals surface area contributed by atoms with E-state index in [0.717, 1.165) is 17.0 Å². The first-order valence-corrected chi connectivity index (χ1v) is 9.39. The summed E-state index contributed by atoms with van der Waals surface area (Å²) < 4.78 is 2.24. The number of hydrogen-bond acceptors (Lipinski definition) is 3. The van der Waals surface area contributed by atoms with Gasteiger partial charge in [0, 0.05) is 46.3 Å². The van der Waals surface area contributed by atoms with Gasteiger partial charge in [-0.05, 0) is 35.9 Å². The maximum atomic E-state index is 12.4. The Labute approximate surface area is 155 Å². The lowest BCUT2D eigenvalue weighted by Crippen LogP contribution is -2.15. The van der Waals surface area contributed by atoms with Crippen molar-refractivity contribution in [2.24, 2.45) is 0 Å². The number of hydrogen-bond donors (Lipinski definition) is 1. The lowest BCUT2D eigenvalue weighted by molar-refractivity contribution is -0.115. The first-order valence-electron chi connectivity index (χ1n) is 7.96. The summed E-state index contributed by atoms with van der Waals surface area (Å²) >= 11 is 7.81. The van der Waals surface area contributed by atoms with Crippen LogP contribution in [0.1, 0.15) is 22.2 Å². The van der Waals surface area contributed by atoms with E-state index in [4.69, 9.17) is 11.6 Å². The van der Waals surface area contributed by atoms with Crippen LogP contribution in [0.3, 0.4) is 0 Å². The highest BCUT2D eigenvalue weighted by Gasteiger charge is 2.26. The van der Waals surface area contributed by atoms with E-state index in [1.807, 2.05) is 42.2 Å². The van der Waals surface area contributed by atoms with Crippen LogP contribution in [0.2, 0.25) is 5.02 Å². The van der Waals surface area contributed by atoms with Crippen LogP contribution in [-0.4, -0.2) is 15.5 Å². The summed E-state index contributed by atoms with van der Waals surface area (Å²) in [5.74, 6) is 0.859. The van der Waals surface area contributed by atoms with Gasteiger partial charge in [0.25, 0.3) is 0 Å². The standard InChI is InChI=1S/C19H16ClN3OS/c20-15-4-1-5-16(10-15)22-18(24)9-13-6-8-23-17(13)12-25-19(23)14-3-2-7-21-11-14/h1-8,10-11,19H,9,12H2,(H,22,24). The summed E-state index contributed by atoms with van der Waals surface area (Å²) in [7, 11) is 0. The lowest BCUT2D eigenvalue weighted by atomic mass is 10.1. The van der Waals surface area contributed by atoms with E-state index >= 15 is 0 Å². The molecule has 0 saturated heterocycles. The van der Waals surface area contributed by atoms with E-state index < -0.39 is 0 Å². The summed E-state index contributed by atoms with van der Waals surface area (Å²) in [6.07, 6.45) is 6.10. The van der Waals surface area contributed by atoms with Gasteiger partial charge < -0.3 is 9.88 Å². The molecule has 3 heterocycles. The molecule has 0 bridgehead atoms. The van der Waals surface area contributed by atoms with Crippen molar-refractivity contribution in [3.8, 4) is 0 Å². The number of benzene rings is 1. The van der Waals surface area contributed by atoms with Crippen molar-refractivity contribution in [3.63, 3.8) is 0 Å². The Kier molecular flexibility index (Phi) is 4.51. The zero-order valence-corrected chi connectivity index (χ0v) is 14.9. The minimum absolute atomic E-state index is 0.0360. The minimum Gasteiger partial charge on any atom is -0.334 e. The number of nitrogens with zero attached hydrogens (tertiary/aromatic N) is 2. The van der Waals surface area contributed by atoms with Crippen molar-refractivity contribution in [2.45, 2.75) is 17.5 Å². The number of thioether (sulfide) groups is 1. The van der Waals surface area contributed by atoms with Crippen LogP contribution in [0.5, 0.6) is 0 Å². The average Bonchev–Trinajstić information content (AvgIpc) is 3.19. The van der Waals surface area contributed by atoms with Gasteiger partial charge in [0.1, 0.15) is 5.37 Å². The Bertz CT molecular complexity index is 910. The molecule has 0 radical (unpaired) electrons. The van der Waals surface area contributed by atoms with E-state index in [0.29, 0.717) is 11.4 Å². The molecule has 0 spiro atoms. The van der Waals surface area contributed by atoms with Crippen LogP contribution in [0, 0.1) is 0 Å². The number of carbonyl (C=O) groups is 1. The molecule has 25 heavy (non-hydrogen) atoms. The molecule has 4 nitrogen and oxygen atoms in total. The van der Waals surface area contributed by atoms with Crippen molar-refractivity contribution < 1.29 is 4.79 Å². The third-order valence-corrected chi connectivity index (χ3v) is 5.67. The Hall–Kier alpha value is -2.24. The minimum atomic E-state index is -0.0360. The van der Waals surface area contributed by atoms with Gasteiger partial charge in [0.15, 0.2) is 0 Å². The van der Waals surface area contributed by atoms with E-state index in [1.165, 1.54) is 11.3 Å². The highest BCUT2D eigenvalue weighted by Crippen LogP contribution is 2.41. The molecule has 0 fully saturated rings. The number of rotatable bonds is 4. The topological polar surface area (TPSA) is 46.9 Å². The van der Waals surface area contributed by atoms with Gasteiger partial charge >= 0.3 is 0 Å². The zero-order chi connectivity index (χ0) is 17.2. The van der Waals surface area contributed by atoms with Crippen molar-refractivity contribution in [1.29, 1.82) is 0 Å². The summed E-state index contributed by atoms with van der Waals surface area (Å²) in [5.41, 5.74) is 4.17. The monoisotopic (exact) mass is 369 g/mol. The second-order valence-corrected chi connectivity index (χ2v) is 7.38.